The second-order valence-electron chi connectivity index (χ2n) is 3.45. The van der Waals surface area contributed by atoms with E-state index in [0.717, 1.165) is 12.2 Å². The van der Waals surface area contributed by atoms with E-state index in [1.54, 1.807) is 12.1 Å². The van der Waals surface area contributed by atoms with Crippen molar-refractivity contribution in [1.29, 1.82) is 0 Å². The number of nitrogens with one attached hydrogen (secondary N) is 1. The molecular formula is C10H13NO2. The first kappa shape index (κ1) is 8.23. The Kier molecular flexibility index (Phi) is 2.00. The van der Waals surface area contributed by atoms with Crippen molar-refractivity contribution in [3.8, 4) is 11.5 Å². The van der Waals surface area contributed by atoms with Crippen molar-refractivity contribution in [2.24, 2.45) is 5.92 Å². The van der Waals surface area contributed by atoms with Gasteiger partial charge < -0.3 is 15.2 Å². The van der Waals surface area contributed by atoms with Gasteiger partial charge in [0.15, 0.2) is 11.5 Å². The zero-order valence-electron chi connectivity index (χ0n) is 7.58. The Morgan fingerprint density at radius 1 is 1.54 bits per heavy atom. The van der Waals surface area contributed by atoms with Crippen LogP contribution in [-0.2, 0) is 0 Å². The number of ether oxygens (including phenoxy) is 1. The molecule has 0 amide bonds. The monoisotopic (exact) mass is 179 g/mol. The van der Waals surface area contributed by atoms with Crippen molar-refractivity contribution in [2.45, 2.75) is 6.92 Å². The van der Waals surface area contributed by atoms with Gasteiger partial charge >= 0.3 is 0 Å². The van der Waals surface area contributed by atoms with Gasteiger partial charge in [0.1, 0.15) is 0 Å². The normalized spacial score (nSPS) is 20.8. The molecule has 3 nitrogen and oxygen atoms in total. The maximum atomic E-state index is 9.50. The van der Waals surface area contributed by atoms with Crippen LogP contribution in [-0.4, -0.2) is 18.3 Å². The van der Waals surface area contributed by atoms with E-state index >= 15 is 0 Å². The van der Waals surface area contributed by atoms with Crippen molar-refractivity contribution < 1.29 is 9.84 Å². The lowest BCUT2D eigenvalue weighted by molar-refractivity contribution is 0.264. The zero-order valence-corrected chi connectivity index (χ0v) is 7.58. The Morgan fingerprint density at radius 3 is 3.23 bits per heavy atom. The van der Waals surface area contributed by atoms with Gasteiger partial charge in [-0.25, -0.2) is 0 Å². The standard InChI is InChI=1S/C10H13NO2/c1-7-5-11-8-3-2-4-9(12)10(8)13-6-7/h2-4,7,11-12H,5-6H2,1H3. The number of phenols is 1. The summed E-state index contributed by atoms with van der Waals surface area (Å²) >= 11 is 0. The molecule has 70 valence electrons. The van der Waals surface area contributed by atoms with Gasteiger partial charge in [0.2, 0.25) is 0 Å². The highest BCUT2D eigenvalue weighted by molar-refractivity contribution is 5.63. The van der Waals surface area contributed by atoms with E-state index in [1.165, 1.54) is 0 Å². The van der Waals surface area contributed by atoms with Gasteiger partial charge in [-0.1, -0.05) is 13.0 Å². The number of benzene rings is 1. The van der Waals surface area contributed by atoms with E-state index in [0.29, 0.717) is 18.3 Å². The molecule has 0 saturated carbocycles. The van der Waals surface area contributed by atoms with Crippen LogP contribution in [0.25, 0.3) is 0 Å². The molecule has 0 aromatic heterocycles. The average Bonchev–Trinajstić information content (AvgIpc) is 2.30. The topological polar surface area (TPSA) is 41.5 Å². The Balaban J connectivity index is 2.35. The third kappa shape index (κ3) is 1.54. The van der Waals surface area contributed by atoms with Gasteiger partial charge in [-0.2, -0.15) is 0 Å². The van der Waals surface area contributed by atoms with Crippen molar-refractivity contribution in [3.05, 3.63) is 18.2 Å². The fraction of sp³-hybridized carbons (Fsp3) is 0.400. The Morgan fingerprint density at radius 2 is 2.38 bits per heavy atom. The average molecular weight is 179 g/mol. The van der Waals surface area contributed by atoms with Crippen molar-refractivity contribution in [2.75, 3.05) is 18.5 Å². The SMILES string of the molecule is CC1CNc2cccc(O)c2OC1. The lowest BCUT2D eigenvalue weighted by Gasteiger charge is -2.08. The summed E-state index contributed by atoms with van der Waals surface area (Å²) in [5, 5.41) is 12.7. The number of anilines is 1. The van der Waals surface area contributed by atoms with Crippen LogP contribution in [0.3, 0.4) is 0 Å². The van der Waals surface area contributed by atoms with Crippen molar-refractivity contribution in [3.63, 3.8) is 0 Å². The summed E-state index contributed by atoms with van der Waals surface area (Å²) < 4.78 is 5.48. The largest absolute Gasteiger partial charge is 0.504 e. The third-order valence-electron chi connectivity index (χ3n) is 2.15. The minimum atomic E-state index is 0.208. The molecule has 1 aliphatic rings. The summed E-state index contributed by atoms with van der Waals surface area (Å²) in [6, 6.07) is 5.35. The molecule has 2 N–H and O–H groups in total. The number of rotatable bonds is 0. The van der Waals surface area contributed by atoms with Gasteiger partial charge in [-0.05, 0) is 12.1 Å². The van der Waals surface area contributed by atoms with Gasteiger partial charge in [0.05, 0.1) is 12.3 Å². The van der Waals surface area contributed by atoms with Crippen LogP contribution in [0.1, 0.15) is 6.92 Å². The maximum absolute atomic E-state index is 9.50. The number of aromatic hydroxyl groups is 1. The molecule has 0 aliphatic carbocycles. The minimum absolute atomic E-state index is 0.208. The van der Waals surface area contributed by atoms with Crippen LogP contribution < -0.4 is 10.1 Å². The summed E-state index contributed by atoms with van der Waals surface area (Å²) in [6.45, 7) is 3.64. The maximum Gasteiger partial charge on any atom is 0.184 e. The summed E-state index contributed by atoms with van der Waals surface area (Å²) in [6.07, 6.45) is 0. The van der Waals surface area contributed by atoms with Crippen LogP contribution in [0.5, 0.6) is 11.5 Å². The van der Waals surface area contributed by atoms with Crippen LogP contribution in [0.4, 0.5) is 5.69 Å². The van der Waals surface area contributed by atoms with Gasteiger partial charge in [0, 0.05) is 12.5 Å². The molecule has 0 radical (unpaired) electrons. The van der Waals surface area contributed by atoms with E-state index < -0.39 is 0 Å². The van der Waals surface area contributed by atoms with Crippen molar-refractivity contribution >= 4 is 5.69 Å². The van der Waals surface area contributed by atoms with E-state index in [-0.39, 0.29) is 5.75 Å². The van der Waals surface area contributed by atoms with Gasteiger partial charge in [-0.15, -0.1) is 0 Å². The van der Waals surface area contributed by atoms with E-state index in [9.17, 15) is 5.11 Å². The number of phenolic OH excluding ortho intramolecular Hbond substituents is 1. The molecule has 0 saturated heterocycles. The number of para-hydroxylation sites is 1. The van der Waals surface area contributed by atoms with E-state index in [2.05, 4.69) is 12.2 Å². The highest BCUT2D eigenvalue weighted by atomic mass is 16.5. The molecule has 1 aromatic rings. The van der Waals surface area contributed by atoms with Crippen LogP contribution in [0.15, 0.2) is 18.2 Å². The van der Waals surface area contributed by atoms with Crippen LogP contribution >= 0.6 is 0 Å². The Hall–Kier alpha value is -1.38. The molecule has 1 heterocycles. The molecule has 3 heteroatoms. The lowest BCUT2D eigenvalue weighted by Crippen LogP contribution is -2.13. The Labute approximate surface area is 77.3 Å². The molecule has 1 unspecified atom stereocenters. The molecule has 0 fully saturated rings. The van der Waals surface area contributed by atoms with E-state index in [1.807, 2.05) is 6.07 Å². The highest BCUT2D eigenvalue weighted by Crippen LogP contribution is 2.35. The van der Waals surface area contributed by atoms with Gasteiger partial charge in [-0.3, -0.25) is 0 Å². The summed E-state index contributed by atoms with van der Waals surface area (Å²) in [5.74, 6) is 1.25. The summed E-state index contributed by atoms with van der Waals surface area (Å²) in [5.41, 5.74) is 0.879. The molecule has 13 heavy (non-hydrogen) atoms. The highest BCUT2D eigenvalue weighted by Gasteiger charge is 2.15. The predicted molar refractivity (Wildman–Crippen MR) is 51.3 cm³/mol. The van der Waals surface area contributed by atoms with Crippen LogP contribution in [0.2, 0.25) is 0 Å². The quantitative estimate of drug-likeness (QED) is 0.638. The van der Waals surface area contributed by atoms with Gasteiger partial charge in [0.25, 0.3) is 0 Å². The first-order valence-electron chi connectivity index (χ1n) is 4.46. The second kappa shape index (κ2) is 3.17. The first-order chi connectivity index (χ1) is 6.27. The molecule has 0 spiro atoms. The number of hydrogen-bond donors (Lipinski definition) is 2. The lowest BCUT2D eigenvalue weighted by atomic mass is 10.2. The zero-order chi connectivity index (χ0) is 9.26. The summed E-state index contributed by atoms with van der Waals surface area (Å²) in [4.78, 5) is 0. The number of fused-ring (bicyclic) bond motifs is 1. The van der Waals surface area contributed by atoms with Crippen molar-refractivity contribution in [1.82, 2.24) is 0 Å². The molecule has 1 aromatic carbocycles. The molecule has 1 aliphatic heterocycles. The fourth-order valence-electron chi connectivity index (χ4n) is 1.38. The van der Waals surface area contributed by atoms with E-state index in [4.69, 9.17) is 4.74 Å². The molecular weight excluding hydrogens is 166 g/mol. The molecule has 1 atom stereocenters. The fourth-order valence-corrected chi connectivity index (χ4v) is 1.38. The predicted octanol–water partition coefficient (Wildman–Crippen LogP) is 1.83. The third-order valence-corrected chi connectivity index (χ3v) is 2.15. The second-order valence-corrected chi connectivity index (χ2v) is 3.45. The first-order valence-corrected chi connectivity index (χ1v) is 4.46. The minimum Gasteiger partial charge on any atom is -0.504 e. The smallest absolute Gasteiger partial charge is 0.184 e. The molecule has 2 rings (SSSR count). The number of hydrogen-bond acceptors (Lipinski definition) is 3. The molecule has 0 bridgehead atoms. The van der Waals surface area contributed by atoms with Crippen LogP contribution in [0, 0.1) is 5.92 Å². The Bertz CT molecular complexity index is 312. The summed E-state index contributed by atoms with van der Waals surface area (Å²) in [7, 11) is 0.